The minimum absolute atomic E-state index is 0.0225. The van der Waals surface area contributed by atoms with Crippen molar-refractivity contribution in [1.82, 2.24) is 25.0 Å². The number of pyridine rings is 1. The van der Waals surface area contributed by atoms with Crippen LogP contribution in [0.25, 0.3) is 0 Å². The summed E-state index contributed by atoms with van der Waals surface area (Å²) >= 11 is 0. The molecule has 1 amide bonds. The van der Waals surface area contributed by atoms with Gasteiger partial charge in [0.25, 0.3) is 6.43 Å². The van der Waals surface area contributed by atoms with Gasteiger partial charge in [-0.15, -0.1) is 0 Å². The number of aromatic nitrogens is 3. The van der Waals surface area contributed by atoms with Crippen molar-refractivity contribution < 1.29 is 13.6 Å². The van der Waals surface area contributed by atoms with Gasteiger partial charge in [0.05, 0.1) is 6.54 Å². The molecule has 0 radical (unpaired) electrons. The van der Waals surface area contributed by atoms with Gasteiger partial charge in [-0.2, -0.15) is 5.10 Å². The van der Waals surface area contributed by atoms with Gasteiger partial charge in [0.1, 0.15) is 12.4 Å². The molecule has 2 aromatic rings. The first-order chi connectivity index (χ1) is 12.6. The molecule has 2 aliphatic rings. The molecule has 0 atom stereocenters. The van der Waals surface area contributed by atoms with E-state index >= 15 is 0 Å². The van der Waals surface area contributed by atoms with Crippen LogP contribution in [0.4, 0.5) is 20.4 Å². The van der Waals surface area contributed by atoms with Crippen molar-refractivity contribution in [2.24, 2.45) is 0 Å². The van der Waals surface area contributed by atoms with Crippen LogP contribution in [0.2, 0.25) is 0 Å². The first-order valence-electron chi connectivity index (χ1n) is 8.66. The molecule has 2 N–H and O–H groups in total. The summed E-state index contributed by atoms with van der Waals surface area (Å²) in [7, 11) is 0. The van der Waals surface area contributed by atoms with E-state index in [-0.39, 0.29) is 19.0 Å². The molecule has 9 heteroatoms. The molecule has 7 nitrogen and oxygen atoms in total. The lowest BCUT2D eigenvalue weighted by Crippen LogP contribution is -2.36. The summed E-state index contributed by atoms with van der Waals surface area (Å²) in [5, 5.41) is 10.9. The number of amides is 1. The minimum Gasteiger partial charge on any atom is -0.335 e. The summed E-state index contributed by atoms with van der Waals surface area (Å²) in [6.07, 6.45) is 0.824. The minimum atomic E-state index is -2.52. The smallest absolute Gasteiger partial charge is 0.255 e. The number of hydrogen-bond donors (Lipinski definition) is 2. The predicted octanol–water partition coefficient (Wildman–Crippen LogP) is 1.32. The first kappa shape index (κ1) is 16.9. The van der Waals surface area contributed by atoms with Gasteiger partial charge in [-0.25, -0.2) is 13.8 Å². The highest BCUT2D eigenvalue weighted by molar-refractivity contribution is 5.76. The first-order valence-corrected chi connectivity index (χ1v) is 8.66. The van der Waals surface area contributed by atoms with Crippen molar-refractivity contribution in [2.75, 3.05) is 25.0 Å². The molecule has 4 heterocycles. The lowest BCUT2D eigenvalue weighted by molar-refractivity contribution is -0.133. The van der Waals surface area contributed by atoms with Crippen LogP contribution in [0, 0.1) is 0 Å². The Morgan fingerprint density at radius 2 is 2.12 bits per heavy atom. The molecule has 4 rings (SSSR count). The maximum Gasteiger partial charge on any atom is 0.255 e. The maximum absolute atomic E-state index is 12.6. The Balaban J connectivity index is 1.48. The van der Waals surface area contributed by atoms with Gasteiger partial charge in [0.15, 0.2) is 5.82 Å². The second kappa shape index (κ2) is 6.99. The molecular weight excluding hydrogens is 342 g/mol. The second-order valence-electron chi connectivity index (χ2n) is 6.55. The lowest BCUT2D eigenvalue weighted by Gasteiger charge is -2.19. The summed E-state index contributed by atoms with van der Waals surface area (Å²) in [4.78, 5) is 17.8. The molecule has 0 saturated carbocycles. The third-order valence-corrected chi connectivity index (χ3v) is 4.72. The molecule has 0 saturated heterocycles. The monoisotopic (exact) mass is 362 g/mol. The van der Waals surface area contributed by atoms with Gasteiger partial charge < -0.3 is 15.5 Å². The number of alkyl halides is 2. The summed E-state index contributed by atoms with van der Waals surface area (Å²) < 4.78 is 26.7. The highest BCUT2D eigenvalue weighted by Gasteiger charge is 2.24. The van der Waals surface area contributed by atoms with E-state index in [0.717, 1.165) is 25.2 Å². The number of anilines is 2. The predicted molar refractivity (Wildman–Crippen MR) is 91.4 cm³/mol. The Labute approximate surface area is 149 Å². The number of fused-ring (bicyclic) bond motifs is 2. The Bertz CT molecular complexity index is 822. The molecule has 0 aliphatic carbocycles. The molecule has 0 fully saturated rings. The van der Waals surface area contributed by atoms with E-state index in [0.29, 0.717) is 18.1 Å². The Morgan fingerprint density at radius 3 is 2.96 bits per heavy atom. The molecule has 0 spiro atoms. The van der Waals surface area contributed by atoms with E-state index in [1.165, 1.54) is 16.0 Å². The fourth-order valence-corrected chi connectivity index (χ4v) is 3.38. The number of nitrogens with zero attached hydrogens (tertiary/aromatic N) is 4. The maximum atomic E-state index is 12.6. The largest absolute Gasteiger partial charge is 0.335 e. The van der Waals surface area contributed by atoms with Gasteiger partial charge in [-0.1, -0.05) is 0 Å². The van der Waals surface area contributed by atoms with E-state index in [9.17, 15) is 13.6 Å². The topological polar surface area (TPSA) is 75.1 Å². The Hall–Kier alpha value is -2.55. The zero-order valence-corrected chi connectivity index (χ0v) is 14.2. The van der Waals surface area contributed by atoms with Gasteiger partial charge in [0.2, 0.25) is 5.91 Å². The molecule has 2 aromatic heterocycles. The summed E-state index contributed by atoms with van der Waals surface area (Å²) in [5.41, 5.74) is 3.31. The summed E-state index contributed by atoms with van der Waals surface area (Å²) in [6.45, 7) is 1.51. The number of carbonyl (C=O) groups excluding carboxylic acids is 1. The van der Waals surface area contributed by atoms with Crippen LogP contribution in [-0.2, 0) is 30.7 Å². The number of halogens is 2. The Kier molecular flexibility index (Phi) is 4.54. The average molecular weight is 362 g/mol. The molecule has 0 aromatic carbocycles. The third kappa shape index (κ3) is 3.52. The highest BCUT2D eigenvalue weighted by atomic mass is 19.3. The van der Waals surface area contributed by atoms with E-state index in [1.54, 1.807) is 4.68 Å². The molecule has 0 unspecified atom stereocenters. The molecule has 0 bridgehead atoms. The zero-order chi connectivity index (χ0) is 18.1. The van der Waals surface area contributed by atoms with Crippen molar-refractivity contribution in [3.05, 3.63) is 35.2 Å². The van der Waals surface area contributed by atoms with Crippen LogP contribution in [0.5, 0.6) is 0 Å². The zero-order valence-electron chi connectivity index (χ0n) is 14.2. The number of carbonyl (C=O) groups is 1. The molecular formula is C17H20F2N6O. The van der Waals surface area contributed by atoms with E-state index in [4.69, 9.17) is 0 Å². The van der Waals surface area contributed by atoms with Crippen LogP contribution < -0.4 is 10.6 Å². The average Bonchev–Trinajstić information content (AvgIpc) is 2.92. The van der Waals surface area contributed by atoms with Crippen molar-refractivity contribution in [3.8, 4) is 0 Å². The van der Waals surface area contributed by atoms with Crippen LogP contribution >= 0.6 is 0 Å². The molecule has 138 valence electrons. The quantitative estimate of drug-likeness (QED) is 0.858. The lowest BCUT2D eigenvalue weighted by atomic mass is 10.0. The number of nitrogens with one attached hydrogen (secondary N) is 2. The summed E-state index contributed by atoms with van der Waals surface area (Å²) in [6, 6.07) is 3.85. The number of hydrogen-bond acceptors (Lipinski definition) is 5. The SMILES string of the molecule is O=C1Cn2nc(Nc3cc4c(cn3)CCNC4)cc2CCN1CC(F)F. The molecule has 2 aliphatic heterocycles. The van der Waals surface area contributed by atoms with Crippen LogP contribution in [0.1, 0.15) is 16.8 Å². The van der Waals surface area contributed by atoms with Gasteiger partial charge >= 0.3 is 0 Å². The third-order valence-electron chi connectivity index (χ3n) is 4.72. The van der Waals surface area contributed by atoms with Crippen molar-refractivity contribution in [2.45, 2.75) is 32.4 Å². The van der Waals surface area contributed by atoms with Crippen LogP contribution in [-0.4, -0.2) is 51.6 Å². The van der Waals surface area contributed by atoms with Gasteiger partial charge in [-0.05, 0) is 30.2 Å². The van der Waals surface area contributed by atoms with Crippen molar-refractivity contribution >= 4 is 17.5 Å². The van der Waals surface area contributed by atoms with Gasteiger partial charge in [0, 0.05) is 37.5 Å². The van der Waals surface area contributed by atoms with Crippen molar-refractivity contribution in [3.63, 3.8) is 0 Å². The standard InChI is InChI=1S/C17H20F2N6O/c18-14(19)9-24-4-2-13-6-16(23-25(13)10-17(24)26)22-15-5-12-7-20-3-1-11(12)8-21-15/h5-6,8,14,20H,1-4,7,9-10H2,(H,21,22,23). The van der Waals surface area contributed by atoms with Gasteiger partial charge in [-0.3, -0.25) is 9.48 Å². The van der Waals surface area contributed by atoms with Crippen molar-refractivity contribution in [1.29, 1.82) is 0 Å². The van der Waals surface area contributed by atoms with Crippen LogP contribution in [0.3, 0.4) is 0 Å². The number of rotatable bonds is 4. The fraction of sp³-hybridized carbons (Fsp3) is 0.471. The summed E-state index contributed by atoms with van der Waals surface area (Å²) in [5.74, 6) is 0.967. The van der Waals surface area contributed by atoms with Crippen LogP contribution in [0.15, 0.2) is 18.3 Å². The molecule has 26 heavy (non-hydrogen) atoms. The van der Waals surface area contributed by atoms with E-state index < -0.39 is 13.0 Å². The fourth-order valence-electron chi connectivity index (χ4n) is 3.38. The highest BCUT2D eigenvalue weighted by Crippen LogP contribution is 2.21. The normalized spacial score (nSPS) is 17.0. The second-order valence-corrected chi connectivity index (χ2v) is 6.55. The van der Waals surface area contributed by atoms with E-state index in [2.05, 4.69) is 20.7 Å². The Morgan fingerprint density at radius 1 is 1.23 bits per heavy atom. The van der Waals surface area contributed by atoms with E-state index in [1.807, 2.05) is 18.3 Å².